The number of carbonyl (C=O) groups excluding carboxylic acids is 3. The molecule has 2 amide bonds. The monoisotopic (exact) mass is 708 g/mol. The zero-order valence-electron chi connectivity index (χ0n) is 31.8. The number of hydrogen-bond donors (Lipinski definition) is 3. The third-order valence-corrected chi connectivity index (χ3v) is 16.0. The molecule has 50 heavy (non-hydrogen) atoms. The van der Waals surface area contributed by atoms with Crippen molar-refractivity contribution in [1.82, 2.24) is 10.6 Å². The number of carbonyl (C=O) groups is 4. The van der Waals surface area contributed by atoms with Gasteiger partial charge in [0.15, 0.2) is 0 Å². The van der Waals surface area contributed by atoms with Crippen LogP contribution in [-0.4, -0.2) is 40.5 Å². The van der Waals surface area contributed by atoms with E-state index < -0.39 is 22.9 Å². The Balaban J connectivity index is 1.29. The molecule has 5 aliphatic carbocycles. The molecule has 5 aliphatic rings. The molecule has 8 nitrogen and oxygen atoms in total. The number of hydrogen-bond acceptors (Lipinski definition) is 6. The predicted octanol–water partition coefficient (Wildman–Crippen LogP) is 8.69. The minimum Gasteiger partial charge on any atom is -0.481 e. The van der Waals surface area contributed by atoms with Gasteiger partial charge < -0.3 is 20.5 Å². The largest absolute Gasteiger partial charge is 0.481 e. The first-order chi connectivity index (χ1) is 23.2. The number of rotatable bonds is 8. The number of urea groups is 1. The van der Waals surface area contributed by atoms with Crippen LogP contribution < -0.4 is 10.6 Å². The van der Waals surface area contributed by atoms with Crippen molar-refractivity contribution in [3.05, 3.63) is 33.5 Å². The zero-order valence-corrected chi connectivity index (χ0v) is 32.6. The van der Waals surface area contributed by atoms with Crippen LogP contribution in [0.5, 0.6) is 0 Å². The number of Topliss-reactive ketones (excluding diaryl/α,β-unsaturated/α-hetero) is 1. The average Bonchev–Trinajstić information content (AvgIpc) is 3.63. The molecule has 0 aliphatic heterocycles. The maximum Gasteiger partial charge on any atom is 0.315 e. The smallest absolute Gasteiger partial charge is 0.315 e. The van der Waals surface area contributed by atoms with E-state index in [2.05, 4.69) is 59.1 Å². The van der Waals surface area contributed by atoms with Crippen LogP contribution in [-0.2, 0) is 25.7 Å². The van der Waals surface area contributed by atoms with E-state index in [1.807, 2.05) is 17.5 Å². The fourth-order valence-corrected chi connectivity index (χ4v) is 13.0. The van der Waals surface area contributed by atoms with E-state index in [1.54, 1.807) is 25.2 Å². The van der Waals surface area contributed by atoms with Crippen LogP contribution in [0.25, 0.3) is 0 Å². The topological polar surface area (TPSA) is 122 Å². The van der Waals surface area contributed by atoms with E-state index in [-0.39, 0.29) is 57.8 Å². The molecule has 0 saturated heterocycles. The third kappa shape index (κ3) is 5.67. The molecule has 1 aromatic heterocycles. The van der Waals surface area contributed by atoms with E-state index in [1.165, 1.54) is 11.1 Å². The quantitative estimate of drug-likeness (QED) is 0.184. The molecular formula is C41H60N2O6S. The number of esters is 1. The van der Waals surface area contributed by atoms with Gasteiger partial charge in [-0.3, -0.25) is 14.4 Å². The van der Waals surface area contributed by atoms with Crippen molar-refractivity contribution in [3.63, 3.8) is 0 Å². The number of carboxylic acids is 1. The number of nitrogens with one attached hydrogen (secondary N) is 2. The molecule has 8 atom stereocenters. The van der Waals surface area contributed by atoms with Crippen LogP contribution in [0.1, 0.15) is 131 Å². The number of amides is 2. The predicted molar refractivity (Wildman–Crippen MR) is 195 cm³/mol. The Hall–Kier alpha value is -2.68. The first kappa shape index (κ1) is 37.1. The van der Waals surface area contributed by atoms with E-state index in [0.717, 1.165) is 56.2 Å². The molecule has 0 bridgehead atoms. The Morgan fingerprint density at radius 3 is 2.38 bits per heavy atom. The van der Waals surface area contributed by atoms with Gasteiger partial charge in [0.1, 0.15) is 11.9 Å². The Bertz CT molecular complexity index is 1580. The summed E-state index contributed by atoms with van der Waals surface area (Å²) in [7, 11) is 0. The van der Waals surface area contributed by atoms with Crippen molar-refractivity contribution >= 4 is 35.1 Å². The Morgan fingerprint density at radius 1 is 1.02 bits per heavy atom. The second-order valence-electron chi connectivity index (χ2n) is 18.9. The molecule has 6 rings (SSSR count). The molecule has 0 radical (unpaired) electrons. The summed E-state index contributed by atoms with van der Waals surface area (Å²) >= 11 is 1.62. The molecule has 0 spiro atoms. The first-order valence-corrected chi connectivity index (χ1v) is 19.9. The van der Waals surface area contributed by atoms with Crippen LogP contribution in [0.15, 0.2) is 28.7 Å². The van der Waals surface area contributed by atoms with Crippen LogP contribution in [0.4, 0.5) is 4.79 Å². The van der Waals surface area contributed by atoms with Gasteiger partial charge in [0.05, 0.1) is 23.9 Å². The fraction of sp³-hybridized carbons (Fsp3) is 0.756. The Kier molecular flexibility index (Phi) is 9.26. The fourth-order valence-electron chi connectivity index (χ4n) is 12.3. The number of ether oxygens (including phenoxy) is 1. The number of aliphatic carboxylic acids is 1. The number of thiophene rings is 1. The van der Waals surface area contributed by atoms with Crippen molar-refractivity contribution in [1.29, 1.82) is 0 Å². The lowest BCUT2D eigenvalue weighted by Gasteiger charge is -2.70. The molecule has 1 heterocycles. The van der Waals surface area contributed by atoms with Crippen LogP contribution >= 0.6 is 11.3 Å². The number of fused-ring (bicyclic) bond motifs is 6. The summed E-state index contributed by atoms with van der Waals surface area (Å²) in [5, 5.41) is 18.1. The van der Waals surface area contributed by atoms with Crippen molar-refractivity contribution in [2.75, 3.05) is 0 Å². The molecule has 276 valence electrons. The molecule has 4 fully saturated rings. The first-order valence-electron chi connectivity index (χ1n) is 19.0. The van der Waals surface area contributed by atoms with Gasteiger partial charge in [-0.05, 0) is 116 Å². The zero-order chi connectivity index (χ0) is 36.7. The molecule has 3 N–H and O–H groups in total. The lowest BCUT2D eigenvalue weighted by molar-refractivity contribution is -0.214. The summed E-state index contributed by atoms with van der Waals surface area (Å²) in [5.41, 5.74) is 0.594. The number of allylic oxidation sites excluding steroid dienone is 1. The summed E-state index contributed by atoms with van der Waals surface area (Å²) in [6.45, 7) is 20.0. The second kappa shape index (κ2) is 12.5. The highest BCUT2D eigenvalue weighted by molar-refractivity contribution is 7.09. The normalized spacial score (nSPS) is 37.7. The maximum atomic E-state index is 13.9. The summed E-state index contributed by atoms with van der Waals surface area (Å²) in [4.78, 5) is 53.3. The van der Waals surface area contributed by atoms with E-state index in [9.17, 15) is 24.3 Å². The van der Waals surface area contributed by atoms with Gasteiger partial charge in [0.25, 0.3) is 0 Å². The SMILES string of the molecule is CC(C)C1C(=O)C[C@]2(NC(=O)NCc3cccs3)CC[C@]3(C)C(=C12)CCC1[C@@]2(C)CC[C@H](OC(=O)CC(C)(C)C(=O)O)C(C)(C)C2CC[C@]13C. The molecular weight excluding hydrogens is 649 g/mol. The average molecular weight is 709 g/mol. The second-order valence-corrected chi connectivity index (χ2v) is 19.9. The van der Waals surface area contributed by atoms with E-state index >= 15 is 0 Å². The van der Waals surface area contributed by atoms with E-state index in [0.29, 0.717) is 24.8 Å². The molecule has 3 unspecified atom stereocenters. The minimum atomic E-state index is -1.17. The van der Waals surface area contributed by atoms with Gasteiger partial charge in [-0.2, -0.15) is 0 Å². The van der Waals surface area contributed by atoms with Gasteiger partial charge >= 0.3 is 18.0 Å². The van der Waals surface area contributed by atoms with Gasteiger partial charge in [-0.25, -0.2) is 4.79 Å². The summed E-state index contributed by atoms with van der Waals surface area (Å²) < 4.78 is 6.15. The maximum absolute atomic E-state index is 13.9. The third-order valence-electron chi connectivity index (χ3n) is 15.1. The van der Waals surface area contributed by atoms with Gasteiger partial charge in [-0.1, -0.05) is 60.1 Å². The number of ketones is 1. The Labute approximate surface area is 303 Å². The Morgan fingerprint density at radius 2 is 1.74 bits per heavy atom. The van der Waals surface area contributed by atoms with Gasteiger partial charge in [0, 0.05) is 22.6 Å². The van der Waals surface area contributed by atoms with Crippen LogP contribution in [0.2, 0.25) is 0 Å². The van der Waals surface area contributed by atoms with Crippen LogP contribution in [0.3, 0.4) is 0 Å². The number of carboxylic acid groups (broad SMARTS) is 1. The molecule has 4 saturated carbocycles. The van der Waals surface area contributed by atoms with E-state index in [4.69, 9.17) is 4.74 Å². The standard InChI is InChI=1S/C41H60N2O6S/c1-24(2)32-27(44)21-41(43-35(48)42-23-25-11-10-20-50-25)19-18-39(8)26(33(32)41)12-13-29-38(7)16-15-30(49-31(45)22-36(3,4)34(46)47)37(5,6)28(38)14-17-40(29,39)9/h10-11,20,24,28-30,32H,12-19,21-23H2,1-9H3,(H,46,47)(H2,42,43,48)/t28?,29?,30-,32?,38-,39+,40+,41+/m0/s1. The van der Waals surface area contributed by atoms with Crippen molar-refractivity contribution in [2.24, 2.45) is 50.7 Å². The summed E-state index contributed by atoms with van der Waals surface area (Å²) in [6, 6.07) is 3.81. The van der Waals surface area contributed by atoms with Crippen molar-refractivity contribution < 1.29 is 29.0 Å². The lowest BCUT2D eigenvalue weighted by Crippen LogP contribution is -2.65. The summed E-state index contributed by atoms with van der Waals surface area (Å²) in [5.74, 6) is -0.354. The molecule has 9 heteroatoms. The molecule has 1 aromatic rings. The highest BCUT2D eigenvalue weighted by Gasteiger charge is 2.69. The lowest BCUT2D eigenvalue weighted by atomic mass is 9.34. The highest BCUT2D eigenvalue weighted by atomic mass is 32.1. The highest BCUT2D eigenvalue weighted by Crippen LogP contribution is 2.75. The van der Waals surface area contributed by atoms with Crippen molar-refractivity contribution in [3.8, 4) is 0 Å². The van der Waals surface area contributed by atoms with Crippen molar-refractivity contribution in [2.45, 2.75) is 145 Å². The van der Waals surface area contributed by atoms with Crippen LogP contribution in [0, 0.1) is 50.7 Å². The van der Waals surface area contributed by atoms with Gasteiger partial charge in [-0.15, -0.1) is 11.3 Å². The molecule has 0 aromatic carbocycles. The van der Waals surface area contributed by atoms with Gasteiger partial charge in [0.2, 0.25) is 0 Å². The minimum absolute atomic E-state index is 0.0185. The summed E-state index contributed by atoms with van der Waals surface area (Å²) in [6.07, 6.45) is 7.50.